The molecule has 1 saturated carbocycles. The lowest BCUT2D eigenvalue weighted by Crippen LogP contribution is -2.45. The summed E-state index contributed by atoms with van der Waals surface area (Å²) >= 11 is 1.71. The Kier molecular flexibility index (Phi) is 6.84. The minimum absolute atomic E-state index is 0.315. The van der Waals surface area contributed by atoms with Crippen LogP contribution in [0, 0.1) is 5.92 Å². The maximum Gasteiger partial charge on any atom is 0.407 e. The molecule has 23 heavy (non-hydrogen) atoms. The van der Waals surface area contributed by atoms with E-state index in [0.29, 0.717) is 18.5 Å². The predicted molar refractivity (Wildman–Crippen MR) is 93.8 cm³/mol. The van der Waals surface area contributed by atoms with Gasteiger partial charge < -0.3 is 15.4 Å². The molecule has 1 aliphatic rings. The summed E-state index contributed by atoms with van der Waals surface area (Å²) in [5, 5.41) is 9.78. The zero-order valence-corrected chi connectivity index (χ0v) is 15.2. The first kappa shape index (κ1) is 18.2. The molecule has 2 atom stereocenters. The van der Waals surface area contributed by atoms with Crippen LogP contribution >= 0.6 is 11.3 Å². The molecule has 130 valence electrons. The largest absolute Gasteiger partial charge is 0.444 e. The second kappa shape index (κ2) is 8.64. The first-order chi connectivity index (χ1) is 10.9. The lowest BCUT2D eigenvalue weighted by atomic mass is 9.84. The Morgan fingerprint density at radius 3 is 2.87 bits per heavy atom. The number of rotatable bonds is 6. The van der Waals surface area contributed by atoms with E-state index in [9.17, 15) is 4.79 Å². The van der Waals surface area contributed by atoms with Gasteiger partial charge in [-0.2, -0.15) is 0 Å². The highest BCUT2D eigenvalue weighted by atomic mass is 32.1. The van der Waals surface area contributed by atoms with Gasteiger partial charge in [0.15, 0.2) is 0 Å². The molecule has 0 radical (unpaired) electrons. The molecule has 1 aliphatic carbocycles. The normalized spacial score (nSPS) is 21.9. The Morgan fingerprint density at radius 1 is 1.39 bits per heavy atom. The van der Waals surface area contributed by atoms with Crippen molar-refractivity contribution in [3.8, 4) is 0 Å². The monoisotopic (exact) mass is 339 g/mol. The van der Waals surface area contributed by atoms with E-state index in [2.05, 4.69) is 15.6 Å². The van der Waals surface area contributed by atoms with Crippen molar-refractivity contribution in [1.82, 2.24) is 15.6 Å². The summed E-state index contributed by atoms with van der Waals surface area (Å²) in [4.78, 5) is 16.1. The van der Waals surface area contributed by atoms with E-state index in [0.717, 1.165) is 19.4 Å². The van der Waals surface area contributed by atoms with Crippen molar-refractivity contribution in [3.05, 3.63) is 16.6 Å². The first-order valence-corrected chi connectivity index (χ1v) is 9.40. The fraction of sp³-hybridized carbons (Fsp3) is 0.765. The maximum atomic E-state index is 11.8. The minimum atomic E-state index is -0.442. The van der Waals surface area contributed by atoms with E-state index < -0.39 is 5.60 Å². The van der Waals surface area contributed by atoms with Crippen molar-refractivity contribution in [2.45, 2.75) is 64.5 Å². The Labute approximate surface area is 143 Å². The van der Waals surface area contributed by atoms with Gasteiger partial charge >= 0.3 is 6.09 Å². The summed E-state index contributed by atoms with van der Waals surface area (Å²) in [6, 6.07) is 0.471. The van der Waals surface area contributed by atoms with Crippen molar-refractivity contribution in [3.63, 3.8) is 0 Å². The third kappa shape index (κ3) is 6.87. The van der Waals surface area contributed by atoms with Crippen molar-refractivity contribution in [2.24, 2.45) is 5.92 Å². The van der Waals surface area contributed by atoms with Crippen LogP contribution in [0.3, 0.4) is 0 Å². The summed E-state index contributed by atoms with van der Waals surface area (Å²) in [6.07, 6.45) is 7.35. The number of amides is 1. The molecular weight excluding hydrogens is 310 g/mol. The molecule has 6 heteroatoms. The van der Waals surface area contributed by atoms with E-state index in [-0.39, 0.29) is 6.09 Å². The Morgan fingerprint density at radius 2 is 2.17 bits per heavy atom. The van der Waals surface area contributed by atoms with Crippen LogP contribution in [0.25, 0.3) is 0 Å². The number of thiazole rings is 1. The van der Waals surface area contributed by atoms with Gasteiger partial charge in [0.1, 0.15) is 5.60 Å². The molecule has 2 rings (SSSR count). The molecule has 0 aromatic carbocycles. The molecule has 1 aromatic heterocycles. The lowest BCUT2D eigenvalue weighted by Gasteiger charge is -2.32. The van der Waals surface area contributed by atoms with Crippen molar-refractivity contribution in [1.29, 1.82) is 0 Å². The number of nitrogens with one attached hydrogen (secondary N) is 2. The highest BCUT2D eigenvalue weighted by Gasteiger charge is 2.26. The number of carbonyl (C=O) groups excluding carboxylic acids is 1. The standard InChI is InChI=1S/C17H29N3O2S/c1-17(2,3)22-16(21)20-12-13-6-4-5-7-14(13)18-9-8-15-19-10-11-23-15/h10-11,13-14,18H,4-9,12H2,1-3H3,(H,20,21). The highest BCUT2D eigenvalue weighted by molar-refractivity contribution is 7.09. The smallest absolute Gasteiger partial charge is 0.407 e. The average molecular weight is 340 g/mol. The van der Waals surface area contributed by atoms with Gasteiger partial charge in [0, 0.05) is 37.1 Å². The predicted octanol–water partition coefficient (Wildman–Crippen LogP) is 3.36. The van der Waals surface area contributed by atoms with E-state index in [1.165, 1.54) is 24.3 Å². The molecule has 0 saturated heterocycles. The van der Waals surface area contributed by atoms with E-state index >= 15 is 0 Å². The summed E-state index contributed by atoms with van der Waals surface area (Å²) in [7, 11) is 0. The van der Waals surface area contributed by atoms with Gasteiger partial charge in [0.05, 0.1) is 5.01 Å². The number of ether oxygens (including phenoxy) is 1. The van der Waals surface area contributed by atoms with Gasteiger partial charge in [-0.25, -0.2) is 9.78 Å². The molecule has 1 fully saturated rings. The SMILES string of the molecule is CC(C)(C)OC(=O)NCC1CCCCC1NCCc1nccs1. The molecule has 1 heterocycles. The van der Waals surface area contributed by atoms with Crippen LogP contribution in [0.15, 0.2) is 11.6 Å². The first-order valence-electron chi connectivity index (χ1n) is 8.52. The van der Waals surface area contributed by atoms with Crippen molar-refractivity contribution >= 4 is 17.4 Å². The Hall–Kier alpha value is -1.14. The number of alkyl carbamates (subject to hydrolysis) is 1. The van der Waals surface area contributed by atoms with Gasteiger partial charge in [-0.15, -0.1) is 11.3 Å². The van der Waals surface area contributed by atoms with Gasteiger partial charge in [0.25, 0.3) is 0 Å². The number of hydrogen-bond donors (Lipinski definition) is 2. The molecule has 0 aliphatic heterocycles. The average Bonchev–Trinajstić information content (AvgIpc) is 2.98. The number of hydrogen-bond acceptors (Lipinski definition) is 5. The molecule has 1 amide bonds. The summed E-state index contributed by atoms with van der Waals surface area (Å²) in [5.74, 6) is 0.479. The van der Waals surface area contributed by atoms with Gasteiger partial charge in [-0.1, -0.05) is 12.8 Å². The van der Waals surface area contributed by atoms with Crippen LogP contribution in [0.2, 0.25) is 0 Å². The van der Waals surface area contributed by atoms with Gasteiger partial charge in [0.2, 0.25) is 0 Å². The van der Waals surface area contributed by atoms with Crippen LogP contribution in [0.5, 0.6) is 0 Å². The van der Waals surface area contributed by atoms with Crippen LogP contribution in [-0.2, 0) is 11.2 Å². The fourth-order valence-corrected chi connectivity index (χ4v) is 3.61. The van der Waals surface area contributed by atoms with Crippen LogP contribution in [-0.4, -0.2) is 35.8 Å². The third-order valence-corrected chi connectivity index (χ3v) is 4.88. The highest BCUT2D eigenvalue weighted by Crippen LogP contribution is 2.24. The Bertz CT molecular complexity index is 471. The van der Waals surface area contributed by atoms with E-state index in [1.54, 1.807) is 11.3 Å². The van der Waals surface area contributed by atoms with Gasteiger partial charge in [-0.3, -0.25) is 0 Å². The number of aromatic nitrogens is 1. The summed E-state index contributed by atoms with van der Waals surface area (Å²) < 4.78 is 5.32. The molecule has 2 unspecified atom stereocenters. The van der Waals surface area contributed by atoms with Crippen LogP contribution < -0.4 is 10.6 Å². The van der Waals surface area contributed by atoms with Gasteiger partial charge in [-0.05, 0) is 39.5 Å². The van der Waals surface area contributed by atoms with Crippen LogP contribution in [0.1, 0.15) is 51.5 Å². The van der Waals surface area contributed by atoms with Crippen molar-refractivity contribution < 1.29 is 9.53 Å². The number of carbonyl (C=O) groups is 1. The summed E-state index contributed by atoms with van der Waals surface area (Å²) in [5.41, 5.74) is -0.442. The molecule has 5 nitrogen and oxygen atoms in total. The zero-order valence-electron chi connectivity index (χ0n) is 14.4. The van der Waals surface area contributed by atoms with E-state index in [1.807, 2.05) is 32.3 Å². The molecule has 0 bridgehead atoms. The second-order valence-corrected chi connectivity index (χ2v) is 8.14. The molecule has 1 aromatic rings. The quantitative estimate of drug-likeness (QED) is 0.834. The third-order valence-electron chi connectivity index (χ3n) is 4.05. The molecule has 2 N–H and O–H groups in total. The molecule has 0 spiro atoms. The maximum absolute atomic E-state index is 11.8. The minimum Gasteiger partial charge on any atom is -0.444 e. The lowest BCUT2D eigenvalue weighted by molar-refractivity contribution is 0.0511. The summed E-state index contributed by atoms with van der Waals surface area (Å²) in [6.45, 7) is 7.29. The zero-order chi connectivity index (χ0) is 16.7. The molecular formula is C17H29N3O2S. The number of nitrogens with zero attached hydrogens (tertiary/aromatic N) is 1. The topological polar surface area (TPSA) is 63.2 Å². The van der Waals surface area contributed by atoms with Crippen LogP contribution in [0.4, 0.5) is 4.79 Å². The second-order valence-electron chi connectivity index (χ2n) is 7.16. The fourth-order valence-electron chi connectivity index (χ4n) is 2.99. The van der Waals surface area contributed by atoms with E-state index in [4.69, 9.17) is 4.74 Å². The van der Waals surface area contributed by atoms with Crippen molar-refractivity contribution in [2.75, 3.05) is 13.1 Å². The Balaban J connectivity index is 1.73.